The van der Waals surface area contributed by atoms with Crippen LogP contribution in [0.3, 0.4) is 0 Å². The topological polar surface area (TPSA) is 125 Å². The van der Waals surface area contributed by atoms with E-state index in [1.807, 2.05) is 0 Å². The third-order valence-corrected chi connectivity index (χ3v) is 4.43. The number of alkyl halides is 6. The predicted octanol–water partition coefficient (Wildman–Crippen LogP) is 1.67. The number of carboxylic acid groups (broad SMARTS) is 1. The summed E-state index contributed by atoms with van der Waals surface area (Å²) in [6, 6.07) is 4.83. The second kappa shape index (κ2) is 9.30. The fraction of sp³-hybridized carbons (Fsp3) is 0.429. The summed E-state index contributed by atoms with van der Waals surface area (Å²) in [5.74, 6) is -3.23. The van der Waals surface area contributed by atoms with Crippen molar-refractivity contribution in [1.29, 1.82) is 0 Å². The van der Waals surface area contributed by atoms with Gasteiger partial charge in [-0.05, 0) is 31.2 Å². The van der Waals surface area contributed by atoms with E-state index < -0.39 is 33.6 Å². The van der Waals surface area contributed by atoms with Crippen molar-refractivity contribution in [3.05, 3.63) is 29.8 Å². The van der Waals surface area contributed by atoms with Gasteiger partial charge in [-0.3, -0.25) is 9.52 Å². The monoisotopic (exact) mass is 451 g/mol. The molecular formula is C14H15F6N3O5S. The molecule has 0 spiro atoms. The summed E-state index contributed by atoms with van der Waals surface area (Å²) in [7, 11) is -5.51. The molecule has 164 valence electrons. The van der Waals surface area contributed by atoms with E-state index in [9.17, 15) is 39.6 Å². The summed E-state index contributed by atoms with van der Waals surface area (Å²) in [6.07, 6.45) is -4.33. The first-order valence-corrected chi connectivity index (χ1v) is 9.12. The number of amides is 1. The lowest BCUT2D eigenvalue weighted by Crippen LogP contribution is -2.36. The molecule has 1 saturated heterocycles. The Morgan fingerprint density at radius 3 is 2.17 bits per heavy atom. The number of carboxylic acids is 1. The molecule has 1 aliphatic rings. The number of carbonyl (C=O) groups excluding carboxylic acids is 1. The van der Waals surface area contributed by atoms with E-state index in [-0.39, 0.29) is 17.3 Å². The van der Waals surface area contributed by atoms with Crippen molar-refractivity contribution in [3.8, 4) is 0 Å². The van der Waals surface area contributed by atoms with E-state index in [1.165, 1.54) is 16.9 Å². The van der Waals surface area contributed by atoms with Gasteiger partial charge >= 0.3 is 27.7 Å². The molecule has 8 nitrogen and oxygen atoms in total. The Morgan fingerprint density at radius 2 is 1.72 bits per heavy atom. The number of benzene rings is 1. The number of nitrogens with one attached hydrogen (secondary N) is 3. The minimum Gasteiger partial charge on any atom is -0.475 e. The molecule has 1 atom stereocenters. The van der Waals surface area contributed by atoms with Gasteiger partial charge in [-0.2, -0.15) is 34.8 Å². The highest BCUT2D eigenvalue weighted by atomic mass is 32.2. The quantitative estimate of drug-likeness (QED) is 0.517. The van der Waals surface area contributed by atoms with E-state index >= 15 is 0 Å². The highest BCUT2D eigenvalue weighted by Gasteiger charge is 2.46. The number of carbonyl (C=O) groups is 2. The summed E-state index contributed by atoms with van der Waals surface area (Å²) in [4.78, 5) is 20.9. The second-order valence-electron chi connectivity index (χ2n) is 5.60. The average Bonchev–Trinajstić information content (AvgIpc) is 3.06. The van der Waals surface area contributed by atoms with Gasteiger partial charge in [0, 0.05) is 23.8 Å². The van der Waals surface area contributed by atoms with E-state index in [1.54, 1.807) is 0 Å². The molecule has 15 heteroatoms. The van der Waals surface area contributed by atoms with Crippen LogP contribution in [0.4, 0.5) is 32.0 Å². The Labute approximate surface area is 160 Å². The van der Waals surface area contributed by atoms with Gasteiger partial charge in [0.05, 0.1) is 0 Å². The fourth-order valence-corrected chi connectivity index (χ4v) is 2.54. The number of halogens is 6. The van der Waals surface area contributed by atoms with Crippen LogP contribution in [0.15, 0.2) is 24.3 Å². The molecule has 1 unspecified atom stereocenters. The fourth-order valence-electron chi connectivity index (χ4n) is 1.98. The molecule has 29 heavy (non-hydrogen) atoms. The SMILES string of the molecule is O=C(NC1CCNC1)c1cccc(NS(=O)(=O)C(F)(F)F)c1.O=C(O)C(F)(F)F. The molecule has 1 aromatic rings. The molecule has 0 aliphatic carbocycles. The molecule has 1 heterocycles. The second-order valence-corrected chi connectivity index (χ2v) is 7.27. The zero-order valence-electron chi connectivity index (χ0n) is 14.3. The predicted molar refractivity (Wildman–Crippen MR) is 87.5 cm³/mol. The van der Waals surface area contributed by atoms with Crippen LogP contribution < -0.4 is 15.4 Å². The van der Waals surface area contributed by atoms with Crippen molar-refractivity contribution in [1.82, 2.24) is 10.6 Å². The summed E-state index contributed by atoms with van der Waals surface area (Å²) in [5.41, 5.74) is -5.66. The van der Waals surface area contributed by atoms with Crippen LogP contribution in [0.5, 0.6) is 0 Å². The van der Waals surface area contributed by atoms with Crippen LogP contribution in [0.2, 0.25) is 0 Å². The zero-order valence-corrected chi connectivity index (χ0v) is 15.1. The molecule has 1 aliphatic heterocycles. The molecule has 4 N–H and O–H groups in total. The van der Waals surface area contributed by atoms with Gasteiger partial charge in [0.15, 0.2) is 0 Å². The van der Waals surface area contributed by atoms with Crippen LogP contribution in [0.25, 0.3) is 0 Å². The van der Waals surface area contributed by atoms with E-state index in [0.717, 1.165) is 25.1 Å². The molecule has 0 saturated carbocycles. The first kappa shape index (κ1) is 24.5. The lowest BCUT2D eigenvalue weighted by Gasteiger charge is -2.13. The highest BCUT2D eigenvalue weighted by molar-refractivity contribution is 7.93. The van der Waals surface area contributed by atoms with Crippen molar-refractivity contribution < 1.29 is 49.5 Å². The normalized spacial score (nSPS) is 17.1. The Hall–Kier alpha value is -2.55. The maximum Gasteiger partial charge on any atom is 0.516 e. The summed E-state index contributed by atoms with van der Waals surface area (Å²) >= 11 is 0. The maximum absolute atomic E-state index is 12.3. The molecule has 1 amide bonds. The first-order chi connectivity index (χ1) is 13.1. The standard InChI is InChI=1S/C12H14F3N3O3S.C2HF3O2/c13-12(14,15)22(20,21)18-9-3-1-2-8(6-9)11(19)17-10-4-5-16-7-10;3-2(4,5)1(6)7/h1-3,6,10,16,18H,4-5,7H2,(H,17,19);(H,6,7). The first-order valence-electron chi connectivity index (χ1n) is 7.64. The zero-order chi connectivity index (χ0) is 22.5. The van der Waals surface area contributed by atoms with Crippen LogP contribution in [-0.2, 0) is 14.8 Å². The largest absolute Gasteiger partial charge is 0.516 e. The van der Waals surface area contributed by atoms with E-state index in [4.69, 9.17) is 9.90 Å². The summed E-state index contributed by atoms with van der Waals surface area (Å²) in [6.45, 7) is 1.39. The highest BCUT2D eigenvalue weighted by Crippen LogP contribution is 2.25. The molecule has 1 aromatic carbocycles. The van der Waals surface area contributed by atoms with E-state index in [0.29, 0.717) is 6.54 Å². The average molecular weight is 451 g/mol. The van der Waals surface area contributed by atoms with Crippen molar-refractivity contribution in [3.63, 3.8) is 0 Å². The van der Waals surface area contributed by atoms with Gasteiger partial charge in [-0.25, -0.2) is 4.79 Å². The molecule has 1 fully saturated rings. The lowest BCUT2D eigenvalue weighted by molar-refractivity contribution is -0.192. The Balaban J connectivity index is 0.000000516. The number of hydrogen-bond donors (Lipinski definition) is 4. The lowest BCUT2D eigenvalue weighted by atomic mass is 10.1. The number of hydrogen-bond acceptors (Lipinski definition) is 5. The van der Waals surface area contributed by atoms with Gasteiger partial charge in [-0.15, -0.1) is 0 Å². The number of rotatable bonds is 4. The van der Waals surface area contributed by atoms with Crippen molar-refractivity contribution >= 4 is 27.6 Å². The minimum atomic E-state index is -5.51. The van der Waals surface area contributed by atoms with Crippen molar-refractivity contribution in [2.45, 2.75) is 24.1 Å². The van der Waals surface area contributed by atoms with Gasteiger partial charge in [0.25, 0.3) is 5.91 Å². The smallest absolute Gasteiger partial charge is 0.475 e. The third kappa shape index (κ3) is 7.77. The third-order valence-electron chi connectivity index (χ3n) is 3.32. The van der Waals surface area contributed by atoms with Gasteiger partial charge in [0.2, 0.25) is 0 Å². The number of anilines is 1. The molecule has 0 radical (unpaired) electrons. The number of aliphatic carboxylic acids is 1. The molecule has 0 aromatic heterocycles. The maximum atomic E-state index is 12.3. The van der Waals surface area contributed by atoms with Crippen molar-refractivity contribution in [2.24, 2.45) is 0 Å². The Kier molecular flexibility index (Phi) is 7.85. The van der Waals surface area contributed by atoms with Crippen LogP contribution >= 0.6 is 0 Å². The van der Waals surface area contributed by atoms with Gasteiger partial charge < -0.3 is 15.7 Å². The molecular weight excluding hydrogens is 436 g/mol. The van der Waals surface area contributed by atoms with Crippen LogP contribution in [0, 0.1) is 0 Å². The van der Waals surface area contributed by atoms with E-state index in [2.05, 4.69) is 10.6 Å². The van der Waals surface area contributed by atoms with Crippen LogP contribution in [-0.4, -0.2) is 56.2 Å². The number of sulfonamides is 1. The Bertz CT molecular complexity index is 835. The molecule has 2 rings (SSSR count). The van der Waals surface area contributed by atoms with Gasteiger partial charge in [-0.1, -0.05) is 6.07 Å². The Morgan fingerprint density at radius 1 is 1.14 bits per heavy atom. The summed E-state index contributed by atoms with van der Waals surface area (Å²) < 4.78 is 92.1. The van der Waals surface area contributed by atoms with Crippen molar-refractivity contribution in [2.75, 3.05) is 17.8 Å². The van der Waals surface area contributed by atoms with Gasteiger partial charge in [0.1, 0.15) is 0 Å². The van der Waals surface area contributed by atoms with Crippen LogP contribution in [0.1, 0.15) is 16.8 Å². The summed E-state index contributed by atoms with van der Waals surface area (Å²) in [5, 5.41) is 12.9. The molecule has 0 bridgehead atoms. The minimum absolute atomic E-state index is 0.0528.